The molecule has 29 heavy (non-hydrogen) atoms. The predicted molar refractivity (Wildman–Crippen MR) is 120 cm³/mol. The van der Waals surface area contributed by atoms with Gasteiger partial charge in [0.25, 0.3) is 5.56 Å². The van der Waals surface area contributed by atoms with E-state index in [1.807, 2.05) is 61.5 Å². The Morgan fingerprint density at radius 1 is 1.17 bits per heavy atom. The third kappa shape index (κ3) is 3.86. The summed E-state index contributed by atoms with van der Waals surface area (Å²) in [6.45, 7) is 6.83. The van der Waals surface area contributed by atoms with Gasteiger partial charge < -0.3 is 5.43 Å². The van der Waals surface area contributed by atoms with E-state index in [4.69, 9.17) is 0 Å². The lowest BCUT2D eigenvalue weighted by Crippen LogP contribution is -2.22. The van der Waals surface area contributed by atoms with E-state index < -0.39 is 0 Å². The van der Waals surface area contributed by atoms with E-state index in [0.29, 0.717) is 22.3 Å². The molecule has 2 aromatic carbocycles. The number of nitrogens with zero attached hydrogens (tertiary/aromatic N) is 3. The largest absolute Gasteiger partial charge is 0.310 e. The zero-order chi connectivity index (χ0) is 20.4. The van der Waals surface area contributed by atoms with Gasteiger partial charge in [-0.2, -0.15) is 9.78 Å². The standard InChI is InChI=1S/C22H23N5OS/c1-14(2)13-23-25-15(3)19-20(16-9-5-4-6-10-16)26-27(21(19)28)22-24-17-11-7-8-12-18(17)29-22/h4-12,14,23,26H,13H2,1-3H3. The minimum atomic E-state index is -0.157. The van der Waals surface area contributed by atoms with Gasteiger partial charge in [0.2, 0.25) is 5.13 Å². The third-order valence-electron chi connectivity index (χ3n) is 4.54. The number of aromatic nitrogens is 3. The second-order valence-electron chi connectivity index (χ2n) is 7.29. The minimum absolute atomic E-state index is 0.157. The Labute approximate surface area is 172 Å². The van der Waals surface area contributed by atoms with Crippen molar-refractivity contribution in [1.82, 2.24) is 20.2 Å². The fourth-order valence-corrected chi connectivity index (χ4v) is 4.01. The number of benzene rings is 2. The van der Waals surface area contributed by atoms with Gasteiger partial charge in [-0.15, -0.1) is 0 Å². The first-order chi connectivity index (χ1) is 14.0. The van der Waals surface area contributed by atoms with Crippen LogP contribution < -0.4 is 11.0 Å². The molecule has 0 atom stereocenters. The van der Waals surface area contributed by atoms with Gasteiger partial charge in [-0.25, -0.2) is 4.98 Å². The van der Waals surface area contributed by atoms with Crippen LogP contribution in [0.1, 0.15) is 26.3 Å². The van der Waals surface area contributed by atoms with Crippen molar-refractivity contribution < 1.29 is 0 Å². The van der Waals surface area contributed by atoms with Gasteiger partial charge in [0.15, 0.2) is 0 Å². The number of hydrogen-bond donors (Lipinski definition) is 2. The number of hydrogen-bond acceptors (Lipinski definition) is 5. The second kappa shape index (κ2) is 8.05. The van der Waals surface area contributed by atoms with Crippen LogP contribution in [0.3, 0.4) is 0 Å². The van der Waals surface area contributed by atoms with Crippen molar-refractivity contribution in [1.29, 1.82) is 0 Å². The maximum Gasteiger partial charge on any atom is 0.283 e. The Bertz CT molecular complexity index is 1180. The van der Waals surface area contributed by atoms with Crippen LogP contribution in [0.5, 0.6) is 0 Å². The van der Waals surface area contributed by atoms with E-state index in [1.165, 1.54) is 16.0 Å². The summed E-state index contributed by atoms with van der Waals surface area (Å²) in [5.41, 5.74) is 6.65. The van der Waals surface area contributed by atoms with Gasteiger partial charge in [0, 0.05) is 12.1 Å². The lowest BCUT2D eigenvalue weighted by molar-refractivity contribution is 0.570. The van der Waals surface area contributed by atoms with Gasteiger partial charge in [-0.3, -0.25) is 9.89 Å². The number of para-hydroxylation sites is 1. The highest BCUT2D eigenvalue weighted by Crippen LogP contribution is 2.26. The smallest absolute Gasteiger partial charge is 0.283 e. The molecule has 0 aliphatic heterocycles. The Morgan fingerprint density at radius 2 is 1.90 bits per heavy atom. The molecule has 7 heteroatoms. The Hall–Kier alpha value is -3.19. The van der Waals surface area contributed by atoms with Gasteiger partial charge in [-0.1, -0.05) is 67.6 Å². The summed E-state index contributed by atoms with van der Waals surface area (Å²) < 4.78 is 2.56. The number of fused-ring (bicyclic) bond motifs is 1. The lowest BCUT2D eigenvalue weighted by atomic mass is 10.1. The molecule has 0 radical (unpaired) electrons. The van der Waals surface area contributed by atoms with Crippen molar-refractivity contribution in [2.75, 3.05) is 6.54 Å². The van der Waals surface area contributed by atoms with Gasteiger partial charge >= 0.3 is 0 Å². The molecule has 2 N–H and O–H groups in total. The summed E-state index contributed by atoms with van der Waals surface area (Å²) in [6, 6.07) is 17.7. The molecule has 0 saturated carbocycles. The molecule has 0 bridgehead atoms. The summed E-state index contributed by atoms with van der Waals surface area (Å²) in [7, 11) is 0. The molecule has 6 nitrogen and oxygen atoms in total. The molecular formula is C22H23N5OS. The molecule has 148 valence electrons. The van der Waals surface area contributed by atoms with E-state index in [9.17, 15) is 4.79 Å². The quantitative estimate of drug-likeness (QED) is 0.368. The number of thiazole rings is 1. The van der Waals surface area contributed by atoms with Crippen LogP contribution in [0.4, 0.5) is 0 Å². The van der Waals surface area contributed by atoms with E-state index >= 15 is 0 Å². The number of rotatable bonds is 6. The maximum absolute atomic E-state index is 13.4. The zero-order valence-corrected chi connectivity index (χ0v) is 17.5. The minimum Gasteiger partial charge on any atom is -0.310 e. The SMILES string of the molecule is CC(=NNCC(C)C)c1c(-c2ccccc2)[nH]n(-c2nc3ccccc3s2)c1=O. The zero-order valence-electron chi connectivity index (χ0n) is 16.6. The van der Waals surface area contributed by atoms with E-state index in [0.717, 1.165) is 28.0 Å². The van der Waals surface area contributed by atoms with Crippen molar-refractivity contribution in [2.24, 2.45) is 11.0 Å². The van der Waals surface area contributed by atoms with Crippen LogP contribution in [0.2, 0.25) is 0 Å². The van der Waals surface area contributed by atoms with Crippen molar-refractivity contribution >= 4 is 27.3 Å². The van der Waals surface area contributed by atoms with Gasteiger partial charge in [0.1, 0.15) is 0 Å². The Balaban J connectivity index is 1.86. The van der Waals surface area contributed by atoms with Crippen molar-refractivity contribution in [3.63, 3.8) is 0 Å². The number of aromatic amines is 1. The topological polar surface area (TPSA) is 75.1 Å². The monoisotopic (exact) mass is 405 g/mol. The average Bonchev–Trinajstić information content (AvgIpc) is 3.29. The maximum atomic E-state index is 13.4. The van der Waals surface area contributed by atoms with Crippen LogP contribution >= 0.6 is 11.3 Å². The molecule has 0 saturated heterocycles. The normalized spacial score (nSPS) is 12.1. The van der Waals surface area contributed by atoms with E-state index in [2.05, 4.69) is 34.5 Å². The number of H-pyrrole nitrogens is 1. The Kier molecular flexibility index (Phi) is 5.31. The Morgan fingerprint density at radius 3 is 2.62 bits per heavy atom. The molecular weight excluding hydrogens is 382 g/mol. The summed E-state index contributed by atoms with van der Waals surface area (Å²) >= 11 is 1.48. The average molecular weight is 406 g/mol. The molecule has 0 fully saturated rings. The van der Waals surface area contributed by atoms with Crippen molar-refractivity contribution in [2.45, 2.75) is 20.8 Å². The fraction of sp³-hybridized carbons (Fsp3) is 0.227. The summed E-state index contributed by atoms with van der Waals surface area (Å²) in [6.07, 6.45) is 0. The van der Waals surface area contributed by atoms with E-state index in [1.54, 1.807) is 0 Å². The van der Waals surface area contributed by atoms with Crippen LogP contribution in [0.25, 0.3) is 26.6 Å². The first kappa shape index (κ1) is 19.1. The van der Waals surface area contributed by atoms with Crippen LogP contribution in [-0.2, 0) is 0 Å². The summed E-state index contributed by atoms with van der Waals surface area (Å²) in [4.78, 5) is 18.0. The van der Waals surface area contributed by atoms with Crippen LogP contribution in [0, 0.1) is 5.92 Å². The van der Waals surface area contributed by atoms with Gasteiger partial charge in [-0.05, 0) is 25.0 Å². The molecule has 0 aliphatic carbocycles. The predicted octanol–water partition coefficient (Wildman–Crippen LogP) is 4.41. The van der Waals surface area contributed by atoms with Gasteiger partial charge in [0.05, 0.1) is 27.2 Å². The highest BCUT2D eigenvalue weighted by Gasteiger charge is 2.21. The molecule has 4 aromatic rings. The molecule has 0 unspecified atom stereocenters. The number of hydrazone groups is 1. The first-order valence-corrected chi connectivity index (χ1v) is 10.4. The molecule has 2 heterocycles. The molecule has 0 amide bonds. The lowest BCUT2D eigenvalue weighted by Gasteiger charge is -2.06. The van der Waals surface area contributed by atoms with E-state index in [-0.39, 0.29) is 5.56 Å². The molecule has 0 aliphatic rings. The summed E-state index contributed by atoms with van der Waals surface area (Å²) in [5, 5.41) is 8.33. The molecule has 0 spiro atoms. The molecule has 4 rings (SSSR count). The second-order valence-corrected chi connectivity index (χ2v) is 8.29. The van der Waals surface area contributed by atoms with Crippen LogP contribution in [0.15, 0.2) is 64.5 Å². The summed E-state index contributed by atoms with van der Waals surface area (Å²) in [5.74, 6) is 0.464. The number of nitrogens with one attached hydrogen (secondary N) is 2. The van der Waals surface area contributed by atoms with Crippen LogP contribution in [-0.4, -0.2) is 27.0 Å². The third-order valence-corrected chi connectivity index (χ3v) is 5.56. The molecule has 2 aromatic heterocycles. The highest BCUT2D eigenvalue weighted by atomic mass is 32.1. The highest BCUT2D eigenvalue weighted by molar-refractivity contribution is 7.20. The van der Waals surface area contributed by atoms with Crippen molar-refractivity contribution in [3.8, 4) is 16.4 Å². The first-order valence-electron chi connectivity index (χ1n) is 9.58. The fourth-order valence-electron chi connectivity index (χ4n) is 3.08. The van der Waals surface area contributed by atoms with Crippen molar-refractivity contribution in [3.05, 3.63) is 70.5 Å².